The molecule has 3 heterocycles. The Labute approximate surface area is 428 Å². The van der Waals surface area contributed by atoms with E-state index in [-0.39, 0.29) is 0 Å². The molecule has 5 heteroatoms. The molecule has 0 saturated carbocycles. The number of fused-ring (bicyclic) bond motifs is 6. The zero-order chi connectivity index (χ0) is 49.0. The zero-order valence-electron chi connectivity index (χ0n) is 40.2. The minimum atomic E-state index is 0.550. The summed E-state index contributed by atoms with van der Waals surface area (Å²) in [4.78, 5) is 15.9. The van der Waals surface area contributed by atoms with Crippen molar-refractivity contribution in [1.29, 1.82) is 0 Å². The maximum atomic E-state index is 5.36. The first-order chi connectivity index (χ1) is 36.7. The van der Waals surface area contributed by atoms with Crippen molar-refractivity contribution in [2.24, 2.45) is 0 Å². The Kier molecular flexibility index (Phi) is 10.4. The van der Waals surface area contributed by atoms with Crippen LogP contribution in [0.4, 0.5) is 0 Å². The molecule has 0 aliphatic rings. The van der Waals surface area contributed by atoms with Crippen LogP contribution in [-0.4, -0.2) is 24.1 Å². The van der Waals surface area contributed by atoms with Crippen molar-refractivity contribution >= 4 is 43.6 Å². The quantitative estimate of drug-likeness (QED) is 0.145. The molecule has 3 aromatic heterocycles. The summed E-state index contributed by atoms with van der Waals surface area (Å²) in [5, 5.41) is 4.63. The van der Waals surface area contributed by atoms with Gasteiger partial charge in [0.1, 0.15) is 0 Å². The highest BCUT2D eigenvalue weighted by molar-refractivity contribution is 6.14. The molecular weight excluding hydrogens is 899 g/mol. The lowest BCUT2D eigenvalue weighted by Crippen LogP contribution is -2.06. The van der Waals surface area contributed by atoms with Crippen molar-refractivity contribution in [3.05, 3.63) is 273 Å². The van der Waals surface area contributed by atoms with Gasteiger partial charge in [-0.15, -0.1) is 0 Å². The van der Waals surface area contributed by atoms with Gasteiger partial charge in [0, 0.05) is 38.4 Å². The smallest absolute Gasteiger partial charge is 0.238 e. The van der Waals surface area contributed by atoms with E-state index in [0.717, 1.165) is 88.6 Å². The van der Waals surface area contributed by atoms with Crippen molar-refractivity contribution in [3.8, 4) is 90.0 Å². The van der Waals surface area contributed by atoms with Crippen molar-refractivity contribution in [2.45, 2.75) is 0 Å². The third-order valence-electron chi connectivity index (χ3n) is 14.4. The van der Waals surface area contributed by atoms with Crippen LogP contribution in [0.3, 0.4) is 0 Å². The van der Waals surface area contributed by atoms with E-state index < -0.39 is 0 Å². The van der Waals surface area contributed by atoms with Gasteiger partial charge in [-0.05, 0) is 116 Å². The molecule has 14 rings (SSSR count). The van der Waals surface area contributed by atoms with Gasteiger partial charge in [-0.2, -0.15) is 9.97 Å². The Morgan fingerprint density at radius 1 is 0.203 bits per heavy atom. The van der Waals surface area contributed by atoms with E-state index in [9.17, 15) is 0 Å². The molecule has 0 fully saturated rings. The lowest BCUT2D eigenvalue weighted by Gasteiger charge is -2.12. The molecule has 0 aliphatic carbocycles. The van der Waals surface area contributed by atoms with E-state index in [0.29, 0.717) is 17.6 Å². The first-order valence-electron chi connectivity index (χ1n) is 25.1. The highest BCUT2D eigenvalue weighted by Crippen LogP contribution is 2.41. The Bertz CT molecular complexity index is 4250. The zero-order valence-corrected chi connectivity index (χ0v) is 40.2. The van der Waals surface area contributed by atoms with Crippen molar-refractivity contribution in [2.75, 3.05) is 0 Å². The summed E-state index contributed by atoms with van der Waals surface area (Å²) in [6.07, 6.45) is 0. The molecule has 346 valence electrons. The summed E-state index contributed by atoms with van der Waals surface area (Å²) in [6, 6.07) is 97.3. The third kappa shape index (κ3) is 7.63. The molecule has 14 aromatic rings. The monoisotopic (exact) mass is 943 g/mol. The molecule has 0 bridgehead atoms. The van der Waals surface area contributed by atoms with Crippen LogP contribution in [0.2, 0.25) is 0 Å². The molecule has 11 aromatic carbocycles. The molecule has 0 spiro atoms. The van der Waals surface area contributed by atoms with Crippen molar-refractivity contribution < 1.29 is 0 Å². The second kappa shape index (κ2) is 18.0. The summed E-state index contributed by atoms with van der Waals surface area (Å²) in [6.45, 7) is 0. The van der Waals surface area contributed by atoms with Gasteiger partial charge in [0.05, 0.1) is 22.1 Å². The highest BCUT2D eigenvalue weighted by Gasteiger charge is 2.21. The lowest BCUT2D eigenvalue weighted by molar-refractivity contribution is 0.953. The highest BCUT2D eigenvalue weighted by atomic mass is 15.2. The number of hydrogen-bond donors (Lipinski definition) is 0. The van der Waals surface area contributed by atoms with Gasteiger partial charge in [0.25, 0.3) is 0 Å². The van der Waals surface area contributed by atoms with Crippen LogP contribution in [-0.2, 0) is 0 Å². The van der Waals surface area contributed by atoms with Crippen LogP contribution in [0.15, 0.2) is 273 Å². The van der Waals surface area contributed by atoms with Gasteiger partial charge >= 0.3 is 0 Å². The van der Waals surface area contributed by atoms with Crippen LogP contribution < -0.4 is 0 Å². The normalized spacial score (nSPS) is 11.5. The van der Waals surface area contributed by atoms with Crippen molar-refractivity contribution in [1.82, 2.24) is 24.1 Å². The second-order valence-corrected chi connectivity index (χ2v) is 18.8. The van der Waals surface area contributed by atoms with Gasteiger partial charge in [-0.25, -0.2) is 4.98 Å². The summed E-state index contributed by atoms with van der Waals surface area (Å²) in [5.74, 6) is 1.75. The number of benzene rings is 11. The average Bonchev–Trinajstić information content (AvgIpc) is 4.00. The predicted octanol–water partition coefficient (Wildman–Crippen LogP) is 17.7. The molecule has 0 saturated heterocycles. The lowest BCUT2D eigenvalue weighted by atomic mass is 9.98. The topological polar surface area (TPSA) is 48.5 Å². The van der Waals surface area contributed by atoms with E-state index >= 15 is 0 Å². The molecule has 0 atom stereocenters. The first-order valence-corrected chi connectivity index (χ1v) is 25.1. The van der Waals surface area contributed by atoms with Gasteiger partial charge in [0.15, 0.2) is 11.6 Å². The SMILES string of the molecule is c1ccc(-c2ccc(-c3nc(-c4ccc(-c5ccccc5)cc4)nc(-n4c5ccc(-c6ccccc6)cc5c5cc(-c6ccc7c(c6)c6cc(-c8ccccc8)ccc6n7-c6ccccc6)ccc54)n3)cc2)cc1. The maximum absolute atomic E-state index is 5.36. The Balaban J connectivity index is 0.962. The van der Waals surface area contributed by atoms with Gasteiger partial charge in [-0.1, -0.05) is 212 Å². The van der Waals surface area contributed by atoms with E-state index in [1.807, 2.05) is 12.1 Å². The fraction of sp³-hybridized carbons (Fsp3) is 0. The Morgan fingerprint density at radius 3 is 0.811 bits per heavy atom. The van der Waals surface area contributed by atoms with E-state index in [1.54, 1.807) is 0 Å². The van der Waals surface area contributed by atoms with Gasteiger partial charge in [0.2, 0.25) is 5.95 Å². The molecule has 0 radical (unpaired) electrons. The second-order valence-electron chi connectivity index (χ2n) is 18.8. The average molecular weight is 944 g/mol. The van der Waals surface area contributed by atoms with Crippen LogP contribution in [0, 0.1) is 0 Å². The summed E-state index contributed by atoms with van der Waals surface area (Å²) >= 11 is 0. The molecule has 0 unspecified atom stereocenters. The van der Waals surface area contributed by atoms with Gasteiger partial charge in [-0.3, -0.25) is 4.57 Å². The molecular formula is C69H45N5. The van der Waals surface area contributed by atoms with Crippen LogP contribution in [0.25, 0.3) is 134 Å². The third-order valence-corrected chi connectivity index (χ3v) is 14.4. The van der Waals surface area contributed by atoms with Gasteiger partial charge < -0.3 is 4.57 Å². The molecule has 5 nitrogen and oxygen atoms in total. The summed E-state index contributed by atoms with van der Waals surface area (Å²) < 4.78 is 4.61. The number of rotatable bonds is 9. The molecule has 0 aliphatic heterocycles. The largest absolute Gasteiger partial charge is 0.309 e. The fourth-order valence-electron chi connectivity index (χ4n) is 10.7. The summed E-state index contributed by atoms with van der Waals surface area (Å²) in [5.41, 5.74) is 18.8. The first kappa shape index (κ1) is 42.9. The molecule has 74 heavy (non-hydrogen) atoms. The van der Waals surface area contributed by atoms with E-state index in [1.165, 1.54) is 27.4 Å². The van der Waals surface area contributed by atoms with Crippen molar-refractivity contribution in [3.63, 3.8) is 0 Å². The minimum Gasteiger partial charge on any atom is -0.309 e. The fourth-order valence-corrected chi connectivity index (χ4v) is 10.7. The van der Waals surface area contributed by atoms with E-state index in [2.05, 4.69) is 270 Å². The number of para-hydroxylation sites is 1. The standard InChI is InChI=1S/C69H45N5/c1-6-16-46(17-7-1)50-26-30-52(31-27-50)67-70-68(53-32-28-51(29-33-53)47-18-8-2-9-19-47)72-69(71-67)74-65-40-35-55(49-22-12-4-13-23-49)43-61(65)62-45-57(37-41-66(62)74)56-36-39-64-60(44-56)59-42-54(48-20-10-3-11-21-48)34-38-63(59)73(64)58-24-14-5-15-25-58/h1-45H. The van der Waals surface area contributed by atoms with Crippen LogP contribution in [0.5, 0.6) is 0 Å². The molecule has 0 N–H and O–H groups in total. The maximum Gasteiger partial charge on any atom is 0.238 e. The Morgan fingerprint density at radius 2 is 0.459 bits per heavy atom. The molecule has 0 amide bonds. The predicted molar refractivity (Wildman–Crippen MR) is 307 cm³/mol. The number of aromatic nitrogens is 5. The van der Waals surface area contributed by atoms with Crippen LogP contribution >= 0.6 is 0 Å². The van der Waals surface area contributed by atoms with E-state index in [4.69, 9.17) is 15.0 Å². The number of nitrogens with zero attached hydrogens (tertiary/aromatic N) is 5. The Hall–Kier alpha value is -9.97. The number of hydrogen-bond acceptors (Lipinski definition) is 3. The minimum absolute atomic E-state index is 0.550. The summed E-state index contributed by atoms with van der Waals surface area (Å²) in [7, 11) is 0. The van der Waals surface area contributed by atoms with Crippen LogP contribution in [0.1, 0.15) is 0 Å².